The van der Waals surface area contributed by atoms with Gasteiger partial charge in [0.25, 0.3) is 0 Å². The van der Waals surface area contributed by atoms with Crippen LogP contribution < -0.4 is 0 Å². The number of hydrogen-bond donors (Lipinski definition) is 1. The zero-order valence-electron chi connectivity index (χ0n) is 6.83. The topological polar surface area (TPSA) is 57.6 Å². The van der Waals surface area contributed by atoms with Crippen LogP contribution >= 0.6 is 0 Å². The molecule has 1 aliphatic rings. The number of rotatable bonds is 2. The van der Waals surface area contributed by atoms with Crippen LogP contribution in [0.3, 0.4) is 0 Å². The van der Waals surface area contributed by atoms with Crippen molar-refractivity contribution in [3.8, 4) is 0 Å². The molecule has 1 unspecified atom stereocenters. The fourth-order valence-electron chi connectivity index (χ4n) is 1.21. The number of nitrogens with zero attached hydrogens (tertiary/aromatic N) is 1. The van der Waals surface area contributed by atoms with E-state index in [9.17, 15) is 12.8 Å². The largest absolute Gasteiger partial charge is 0.393 e. The Hall–Kier alpha value is -0.200. The van der Waals surface area contributed by atoms with Gasteiger partial charge in [-0.15, -0.1) is 0 Å². The summed E-state index contributed by atoms with van der Waals surface area (Å²) in [6.07, 6.45) is 1.12. The van der Waals surface area contributed by atoms with Crippen molar-refractivity contribution in [3.05, 3.63) is 0 Å². The fourth-order valence-corrected chi connectivity index (χ4v) is 2.10. The summed E-state index contributed by atoms with van der Waals surface area (Å²) >= 11 is 0. The average molecular weight is 197 g/mol. The van der Waals surface area contributed by atoms with Crippen LogP contribution in [-0.4, -0.2) is 49.5 Å². The van der Waals surface area contributed by atoms with Gasteiger partial charge in [-0.25, -0.2) is 12.8 Å². The average Bonchev–Trinajstić information content (AvgIpc) is 2.32. The molecule has 0 aromatic carbocycles. The van der Waals surface area contributed by atoms with E-state index in [1.54, 1.807) is 0 Å². The zero-order chi connectivity index (χ0) is 9.41. The van der Waals surface area contributed by atoms with Crippen LogP contribution in [0, 0.1) is 0 Å². The van der Waals surface area contributed by atoms with Crippen molar-refractivity contribution in [2.24, 2.45) is 0 Å². The standard InChI is InChI=1S/C6H12FNO3S/c1-12(10,11)8-3-2-6(7,4-8)5-9/h9H,2-5H2,1H3. The number of sulfonamides is 1. The molecule has 1 saturated heterocycles. The summed E-state index contributed by atoms with van der Waals surface area (Å²) in [6.45, 7) is -0.669. The lowest BCUT2D eigenvalue weighted by Gasteiger charge is -2.16. The van der Waals surface area contributed by atoms with E-state index >= 15 is 0 Å². The molecule has 4 nitrogen and oxygen atoms in total. The van der Waals surface area contributed by atoms with Gasteiger partial charge < -0.3 is 5.11 Å². The summed E-state index contributed by atoms with van der Waals surface area (Å²) in [7, 11) is -3.30. The molecule has 72 valence electrons. The predicted molar refractivity (Wildman–Crippen MR) is 42.0 cm³/mol. The van der Waals surface area contributed by atoms with Gasteiger partial charge in [0, 0.05) is 6.54 Å². The summed E-state index contributed by atoms with van der Waals surface area (Å²) in [4.78, 5) is 0. The second-order valence-electron chi connectivity index (χ2n) is 3.16. The van der Waals surface area contributed by atoms with E-state index in [-0.39, 0.29) is 19.5 Å². The van der Waals surface area contributed by atoms with Gasteiger partial charge in [-0.05, 0) is 6.42 Å². The highest BCUT2D eigenvalue weighted by atomic mass is 32.2. The first-order valence-electron chi connectivity index (χ1n) is 3.62. The maximum Gasteiger partial charge on any atom is 0.211 e. The van der Waals surface area contributed by atoms with Crippen molar-refractivity contribution in [1.82, 2.24) is 4.31 Å². The third-order valence-electron chi connectivity index (χ3n) is 2.02. The lowest BCUT2D eigenvalue weighted by atomic mass is 10.1. The van der Waals surface area contributed by atoms with Crippen LogP contribution in [0.1, 0.15) is 6.42 Å². The minimum absolute atomic E-state index is 0.0799. The fraction of sp³-hybridized carbons (Fsp3) is 1.00. The Morgan fingerprint density at radius 3 is 2.50 bits per heavy atom. The van der Waals surface area contributed by atoms with Crippen LogP contribution in [-0.2, 0) is 10.0 Å². The molecule has 1 heterocycles. The number of hydrogen-bond acceptors (Lipinski definition) is 3. The van der Waals surface area contributed by atoms with E-state index in [1.807, 2.05) is 0 Å². The van der Waals surface area contributed by atoms with Crippen molar-refractivity contribution < 1.29 is 17.9 Å². The lowest BCUT2D eigenvalue weighted by molar-refractivity contribution is 0.0845. The maximum absolute atomic E-state index is 13.3. The van der Waals surface area contributed by atoms with Gasteiger partial charge >= 0.3 is 0 Å². The molecule has 0 aromatic rings. The number of halogens is 1. The number of alkyl halides is 1. The Morgan fingerprint density at radius 1 is 1.67 bits per heavy atom. The Morgan fingerprint density at radius 2 is 2.25 bits per heavy atom. The van der Waals surface area contributed by atoms with Crippen LogP contribution in [0.25, 0.3) is 0 Å². The van der Waals surface area contributed by atoms with Gasteiger partial charge in [0.05, 0.1) is 19.4 Å². The summed E-state index contributed by atoms with van der Waals surface area (Å²) in [5.41, 5.74) is -1.73. The summed E-state index contributed by atoms with van der Waals surface area (Å²) in [5.74, 6) is 0. The Labute approximate surface area is 71.0 Å². The van der Waals surface area contributed by atoms with Gasteiger partial charge in [-0.2, -0.15) is 4.31 Å². The zero-order valence-corrected chi connectivity index (χ0v) is 7.64. The van der Waals surface area contributed by atoms with Crippen molar-refractivity contribution >= 4 is 10.0 Å². The maximum atomic E-state index is 13.3. The Balaban J connectivity index is 2.70. The van der Waals surface area contributed by atoms with Gasteiger partial charge in [0.2, 0.25) is 10.0 Å². The number of aliphatic hydroxyl groups is 1. The van der Waals surface area contributed by atoms with Gasteiger partial charge in [0.15, 0.2) is 0 Å². The smallest absolute Gasteiger partial charge is 0.211 e. The van der Waals surface area contributed by atoms with E-state index in [0.717, 1.165) is 10.6 Å². The Kier molecular flexibility index (Phi) is 2.42. The van der Waals surface area contributed by atoms with Gasteiger partial charge in [-0.3, -0.25) is 0 Å². The van der Waals surface area contributed by atoms with Crippen molar-refractivity contribution in [2.45, 2.75) is 12.1 Å². The highest BCUT2D eigenvalue weighted by Crippen LogP contribution is 2.26. The molecule has 0 bridgehead atoms. The molecule has 0 saturated carbocycles. The van der Waals surface area contributed by atoms with E-state index in [2.05, 4.69) is 0 Å². The van der Waals surface area contributed by atoms with E-state index < -0.39 is 22.3 Å². The quantitative estimate of drug-likeness (QED) is 0.640. The third kappa shape index (κ3) is 1.94. The molecule has 1 rings (SSSR count). The highest BCUT2D eigenvalue weighted by Gasteiger charge is 2.41. The van der Waals surface area contributed by atoms with E-state index in [1.165, 1.54) is 0 Å². The first-order valence-corrected chi connectivity index (χ1v) is 5.47. The van der Waals surface area contributed by atoms with Crippen molar-refractivity contribution in [2.75, 3.05) is 26.0 Å². The molecule has 0 radical (unpaired) electrons. The van der Waals surface area contributed by atoms with E-state index in [4.69, 9.17) is 5.11 Å². The van der Waals surface area contributed by atoms with Crippen molar-refractivity contribution in [1.29, 1.82) is 0 Å². The molecule has 12 heavy (non-hydrogen) atoms. The molecular formula is C6H12FNO3S. The van der Waals surface area contributed by atoms with Crippen LogP contribution in [0.2, 0.25) is 0 Å². The monoisotopic (exact) mass is 197 g/mol. The molecule has 0 aromatic heterocycles. The molecule has 0 aliphatic carbocycles. The minimum Gasteiger partial charge on any atom is -0.393 e. The van der Waals surface area contributed by atoms with Gasteiger partial charge in [-0.1, -0.05) is 0 Å². The highest BCUT2D eigenvalue weighted by molar-refractivity contribution is 7.88. The van der Waals surface area contributed by atoms with Crippen molar-refractivity contribution in [3.63, 3.8) is 0 Å². The summed E-state index contributed by atoms with van der Waals surface area (Å²) in [6, 6.07) is 0. The molecule has 1 atom stereocenters. The molecule has 1 aliphatic heterocycles. The summed E-state index contributed by atoms with van der Waals surface area (Å²) in [5, 5.41) is 8.61. The SMILES string of the molecule is CS(=O)(=O)N1CCC(F)(CO)C1. The molecular weight excluding hydrogens is 185 g/mol. The number of aliphatic hydroxyl groups excluding tert-OH is 1. The third-order valence-corrected chi connectivity index (χ3v) is 3.27. The predicted octanol–water partition coefficient (Wildman–Crippen LogP) is -0.648. The lowest BCUT2D eigenvalue weighted by Crippen LogP contribution is -2.34. The molecule has 1 N–H and O–H groups in total. The second-order valence-corrected chi connectivity index (χ2v) is 5.14. The van der Waals surface area contributed by atoms with Crippen LogP contribution in [0.4, 0.5) is 4.39 Å². The van der Waals surface area contributed by atoms with Crippen LogP contribution in [0.15, 0.2) is 0 Å². The molecule has 0 spiro atoms. The normalized spacial score (nSPS) is 32.6. The molecule has 6 heteroatoms. The van der Waals surface area contributed by atoms with Gasteiger partial charge in [0.1, 0.15) is 5.67 Å². The molecule has 0 amide bonds. The molecule has 1 fully saturated rings. The van der Waals surface area contributed by atoms with E-state index in [0.29, 0.717) is 0 Å². The minimum atomic E-state index is -3.30. The first kappa shape index (κ1) is 9.88. The second kappa shape index (κ2) is 2.93. The summed E-state index contributed by atoms with van der Waals surface area (Å²) < 4.78 is 36.1. The first-order chi connectivity index (χ1) is 5.37. The Bertz CT molecular complexity index is 266. The van der Waals surface area contributed by atoms with Crippen LogP contribution in [0.5, 0.6) is 0 Å².